The van der Waals surface area contributed by atoms with Gasteiger partial charge in [-0.05, 0) is 43.6 Å². The van der Waals surface area contributed by atoms with Crippen LogP contribution in [0.15, 0.2) is 54.6 Å². The first kappa shape index (κ1) is 27.2. The number of hydrogen-bond donors (Lipinski definition) is 6. The van der Waals surface area contributed by atoms with E-state index in [2.05, 4.69) is 5.32 Å². The van der Waals surface area contributed by atoms with E-state index in [1.807, 2.05) is 48.6 Å². The fraction of sp³-hybridized carbons (Fsp3) is 0.577. The first-order valence-electron chi connectivity index (χ1n) is 11.9. The fourth-order valence-corrected chi connectivity index (χ4v) is 4.22. The molecule has 0 bridgehead atoms. The molecule has 1 saturated carbocycles. The van der Waals surface area contributed by atoms with Crippen LogP contribution in [-0.4, -0.2) is 69.0 Å². The fourth-order valence-electron chi connectivity index (χ4n) is 4.22. The zero-order valence-electron chi connectivity index (χ0n) is 19.2. The lowest BCUT2D eigenvalue weighted by Crippen LogP contribution is -2.39. The Hall–Kier alpha value is -2.03. The molecule has 1 aliphatic carbocycles. The summed E-state index contributed by atoms with van der Waals surface area (Å²) in [5.74, 6) is -0.537. The van der Waals surface area contributed by atoms with Crippen LogP contribution in [0.1, 0.15) is 44.1 Å². The standard InChI is InChI=1S/C26H39NO6/c28-17-20(18-29)27-26(33)11-7-2-1-6-10-22-23(25(32)16-24(22)31)15-14-21(30)13-12-19-8-4-3-5-9-19/h1,3-6,8-9,14-15,20-25,28-32H,2,7,10-13,16-18H2,(H,27,33). The number of benzene rings is 1. The van der Waals surface area contributed by atoms with E-state index in [4.69, 9.17) is 10.2 Å². The second kappa shape index (κ2) is 15.0. The number of amides is 1. The maximum Gasteiger partial charge on any atom is 0.220 e. The van der Waals surface area contributed by atoms with Gasteiger partial charge in [-0.2, -0.15) is 0 Å². The van der Waals surface area contributed by atoms with Gasteiger partial charge in [0.15, 0.2) is 0 Å². The van der Waals surface area contributed by atoms with Crippen molar-refractivity contribution in [3.05, 3.63) is 60.2 Å². The van der Waals surface area contributed by atoms with Crippen LogP contribution in [0.4, 0.5) is 0 Å². The lowest BCUT2D eigenvalue weighted by Gasteiger charge is -2.19. The minimum atomic E-state index is -0.634. The average Bonchev–Trinajstić information content (AvgIpc) is 3.09. The van der Waals surface area contributed by atoms with Crippen molar-refractivity contribution in [3.8, 4) is 0 Å². The lowest BCUT2D eigenvalue weighted by atomic mass is 9.89. The van der Waals surface area contributed by atoms with Crippen molar-refractivity contribution in [2.75, 3.05) is 13.2 Å². The Kier molecular flexibility index (Phi) is 12.4. The molecule has 1 fully saturated rings. The van der Waals surface area contributed by atoms with Gasteiger partial charge in [-0.25, -0.2) is 0 Å². The Morgan fingerprint density at radius 2 is 1.82 bits per heavy atom. The molecule has 1 aromatic rings. The first-order valence-corrected chi connectivity index (χ1v) is 11.9. The third-order valence-corrected chi connectivity index (χ3v) is 6.20. The number of carbonyl (C=O) groups is 1. The van der Waals surface area contributed by atoms with Crippen molar-refractivity contribution in [1.82, 2.24) is 5.32 Å². The molecule has 0 saturated heterocycles. The van der Waals surface area contributed by atoms with Gasteiger partial charge >= 0.3 is 0 Å². The summed E-state index contributed by atoms with van der Waals surface area (Å²) in [6.07, 6.45) is 9.62. The van der Waals surface area contributed by atoms with Crippen LogP contribution in [0.5, 0.6) is 0 Å². The van der Waals surface area contributed by atoms with Crippen LogP contribution in [0.2, 0.25) is 0 Å². The zero-order valence-corrected chi connectivity index (χ0v) is 19.2. The number of rotatable bonds is 14. The van der Waals surface area contributed by atoms with Gasteiger partial charge in [-0.1, -0.05) is 54.6 Å². The topological polar surface area (TPSA) is 130 Å². The maximum absolute atomic E-state index is 11.7. The molecular weight excluding hydrogens is 422 g/mol. The van der Waals surface area contributed by atoms with Crippen molar-refractivity contribution in [2.45, 2.75) is 69.3 Å². The molecule has 5 atom stereocenters. The minimum Gasteiger partial charge on any atom is -0.394 e. The monoisotopic (exact) mass is 461 g/mol. The number of aliphatic hydroxyl groups excluding tert-OH is 5. The molecule has 2 rings (SSSR count). The summed E-state index contributed by atoms with van der Waals surface area (Å²) < 4.78 is 0. The largest absolute Gasteiger partial charge is 0.394 e. The lowest BCUT2D eigenvalue weighted by molar-refractivity contribution is -0.122. The van der Waals surface area contributed by atoms with Crippen molar-refractivity contribution in [2.24, 2.45) is 11.8 Å². The van der Waals surface area contributed by atoms with Gasteiger partial charge in [-0.15, -0.1) is 0 Å². The molecule has 33 heavy (non-hydrogen) atoms. The molecule has 0 radical (unpaired) electrons. The summed E-state index contributed by atoms with van der Waals surface area (Å²) in [6, 6.07) is 9.36. The van der Waals surface area contributed by atoms with Crippen LogP contribution in [0, 0.1) is 11.8 Å². The highest BCUT2D eigenvalue weighted by Gasteiger charge is 2.39. The molecule has 0 heterocycles. The van der Waals surface area contributed by atoms with Gasteiger partial charge in [0, 0.05) is 18.8 Å². The summed E-state index contributed by atoms with van der Waals surface area (Å²) in [7, 11) is 0. The second-order valence-corrected chi connectivity index (χ2v) is 8.82. The summed E-state index contributed by atoms with van der Waals surface area (Å²) in [6.45, 7) is -0.589. The second-order valence-electron chi connectivity index (χ2n) is 8.82. The Morgan fingerprint density at radius 3 is 2.52 bits per heavy atom. The van der Waals surface area contributed by atoms with Gasteiger partial charge in [0.25, 0.3) is 0 Å². The summed E-state index contributed by atoms with van der Waals surface area (Å²) in [5, 5.41) is 51.6. The number of allylic oxidation sites excluding steroid dienone is 2. The molecule has 184 valence electrons. The number of carbonyl (C=O) groups excluding carboxylic acids is 1. The highest BCUT2D eigenvalue weighted by molar-refractivity contribution is 5.76. The van der Waals surface area contributed by atoms with Gasteiger partial charge in [-0.3, -0.25) is 4.79 Å². The molecular formula is C26H39NO6. The first-order chi connectivity index (χ1) is 15.9. The van der Waals surface area contributed by atoms with E-state index in [0.717, 1.165) is 6.42 Å². The average molecular weight is 462 g/mol. The molecule has 7 heteroatoms. The number of hydrogen-bond acceptors (Lipinski definition) is 6. The van der Waals surface area contributed by atoms with Gasteiger partial charge in [0.05, 0.1) is 37.6 Å². The van der Waals surface area contributed by atoms with E-state index in [1.165, 1.54) is 5.56 Å². The number of aryl methyl sites for hydroxylation is 1. The smallest absolute Gasteiger partial charge is 0.220 e. The molecule has 0 spiro atoms. The van der Waals surface area contributed by atoms with Crippen molar-refractivity contribution in [1.29, 1.82) is 0 Å². The minimum absolute atomic E-state index is 0.119. The molecule has 0 aliphatic heterocycles. The Bertz CT molecular complexity index is 734. The maximum atomic E-state index is 11.7. The Balaban J connectivity index is 1.74. The third kappa shape index (κ3) is 9.78. The zero-order chi connectivity index (χ0) is 24.1. The molecule has 1 aromatic carbocycles. The van der Waals surface area contributed by atoms with E-state index < -0.39 is 24.4 Å². The molecule has 1 amide bonds. The van der Waals surface area contributed by atoms with Gasteiger partial charge in [0.1, 0.15) is 0 Å². The number of unbranched alkanes of at least 4 members (excludes halogenated alkanes) is 1. The molecule has 1 aliphatic rings. The number of nitrogens with one attached hydrogen (secondary N) is 1. The van der Waals surface area contributed by atoms with Crippen molar-refractivity contribution in [3.63, 3.8) is 0 Å². The van der Waals surface area contributed by atoms with Crippen LogP contribution in [0.3, 0.4) is 0 Å². The summed E-state index contributed by atoms with van der Waals surface area (Å²) in [5.41, 5.74) is 1.17. The van der Waals surface area contributed by atoms with Crippen LogP contribution in [0.25, 0.3) is 0 Å². The van der Waals surface area contributed by atoms with E-state index in [-0.39, 0.29) is 31.0 Å². The molecule has 5 unspecified atom stereocenters. The van der Waals surface area contributed by atoms with Gasteiger partial charge in [0.2, 0.25) is 5.91 Å². The summed E-state index contributed by atoms with van der Waals surface area (Å²) >= 11 is 0. The van der Waals surface area contributed by atoms with Crippen LogP contribution in [-0.2, 0) is 11.2 Å². The quantitative estimate of drug-likeness (QED) is 0.184. The highest BCUT2D eigenvalue weighted by atomic mass is 16.3. The van der Waals surface area contributed by atoms with Crippen molar-refractivity contribution >= 4 is 5.91 Å². The molecule has 0 aromatic heterocycles. The predicted octanol–water partition coefficient (Wildman–Crippen LogP) is 1.48. The Morgan fingerprint density at radius 1 is 1.09 bits per heavy atom. The predicted molar refractivity (Wildman–Crippen MR) is 127 cm³/mol. The summed E-state index contributed by atoms with van der Waals surface area (Å²) in [4.78, 5) is 11.7. The highest BCUT2D eigenvalue weighted by Crippen LogP contribution is 2.36. The van der Waals surface area contributed by atoms with E-state index in [9.17, 15) is 20.1 Å². The molecule has 7 nitrogen and oxygen atoms in total. The van der Waals surface area contributed by atoms with E-state index in [0.29, 0.717) is 38.5 Å². The third-order valence-electron chi connectivity index (χ3n) is 6.20. The van der Waals surface area contributed by atoms with Crippen molar-refractivity contribution < 1.29 is 30.3 Å². The van der Waals surface area contributed by atoms with Gasteiger partial charge < -0.3 is 30.8 Å². The normalized spacial score (nSPS) is 24.2. The Labute approximate surface area is 196 Å². The van der Waals surface area contributed by atoms with Crippen LogP contribution >= 0.6 is 0 Å². The molecule has 6 N–H and O–H groups in total. The van der Waals surface area contributed by atoms with E-state index in [1.54, 1.807) is 6.08 Å². The number of aliphatic hydroxyl groups is 5. The van der Waals surface area contributed by atoms with E-state index >= 15 is 0 Å². The van der Waals surface area contributed by atoms with Crippen LogP contribution < -0.4 is 5.32 Å². The SMILES string of the molecule is O=C(CCCC=CCC1C(O)CC(O)C1C=CC(O)CCc1ccccc1)NC(CO)CO.